The number of benzene rings is 1. The van der Waals surface area contributed by atoms with E-state index in [4.69, 9.17) is 18.0 Å². The third-order valence-corrected chi connectivity index (χ3v) is 3.34. The molecule has 0 bridgehead atoms. The minimum absolute atomic E-state index is 0.106. The van der Waals surface area contributed by atoms with Crippen LogP contribution < -0.4 is 0 Å². The zero-order valence-electron chi connectivity index (χ0n) is 11.3. The maximum atomic E-state index is 12.6. The number of hydrogen-bond acceptors (Lipinski definition) is 2. The van der Waals surface area contributed by atoms with Gasteiger partial charge < -0.3 is 4.90 Å². The fourth-order valence-electron chi connectivity index (χ4n) is 2.13. The van der Waals surface area contributed by atoms with Gasteiger partial charge in [0.2, 0.25) is 0 Å². The highest BCUT2D eigenvalue weighted by atomic mass is 35.5. The minimum Gasteiger partial charge on any atom is -0.327 e. The molecule has 0 aliphatic heterocycles. The number of rotatable bonds is 4. The highest BCUT2D eigenvalue weighted by Gasteiger charge is 2.18. The number of amides is 1. The zero-order valence-corrected chi connectivity index (χ0v) is 12.0. The van der Waals surface area contributed by atoms with Gasteiger partial charge in [-0.1, -0.05) is 48.7 Å². The number of terminal acetylenes is 1. The molecule has 20 heavy (non-hydrogen) atoms. The summed E-state index contributed by atoms with van der Waals surface area (Å²) in [6.07, 6.45) is 7.71. The van der Waals surface area contributed by atoms with Crippen LogP contribution in [0.2, 0.25) is 5.15 Å². The average Bonchev–Trinajstić information content (AvgIpc) is 2.47. The standard InChI is InChI=1S/C16H15ClN2O/c1-3-9-19(10-4-2)16(20)14-11-18-15(17)13-8-6-5-7-12(13)14/h1,5-8,11H,4,9-10H2,2H3. The van der Waals surface area contributed by atoms with Crippen molar-refractivity contribution in [2.75, 3.05) is 13.1 Å². The van der Waals surface area contributed by atoms with Gasteiger partial charge in [-0.25, -0.2) is 4.98 Å². The van der Waals surface area contributed by atoms with E-state index >= 15 is 0 Å². The number of halogens is 1. The SMILES string of the molecule is C#CCN(CCC)C(=O)c1cnc(Cl)c2ccccc12. The Labute approximate surface area is 123 Å². The molecule has 0 N–H and O–H groups in total. The number of carbonyl (C=O) groups is 1. The summed E-state index contributed by atoms with van der Waals surface area (Å²) >= 11 is 6.07. The monoisotopic (exact) mass is 286 g/mol. The van der Waals surface area contributed by atoms with E-state index < -0.39 is 0 Å². The first-order valence-electron chi connectivity index (χ1n) is 6.45. The van der Waals surface area contributed by atoms with Gasteiger partial charge in [-0.05, 0) is 11.8 Å². The molecule has 0 spiro atoms. The summed E-state index contributed by atoms with van der Waals surface area (Å²) in [5, 5.41) is 1.98. The van der Waals surface area contributed by atoms with E-state index in [0.29, 0.717) is 23.8 Å². The molecule has 0 unspecified atom stereocenters. The molecule has 1 aromatic heterocycles. The summed E-state index contributed by atoms with van der Waals surface area (Å²) in [5.41, 5.74) is 0.536. The lowest BCUT2D eigenvalue weighted by atomic mass is 10.1. The lowest BCUT2D eigenvalue weighted by Gasteiger charge is -2.20. The molecule has 2 rings (SSSR count). The van der Waals surface area contributed by atoms with Crippen LogP contribution in [0.5, 0.6) is 0 Å². The van der Waals surface area contributed by atoms with Crippen molar-refractivity contribution in [2.45, 2.75) is 13.3 Å². The van der Waals surface area contributed by atoms with E-state index in [0.717, 1.165) is 17.2 Å². The Kier molecular flexibility index (Phi) is 4.60. The maximum absolute atomic E-state index is 12.6. The number of nitrogens with zero attached hydrogens (tertiary/aromatic N) is 2. The van der Waals surface area contributed by atoms with Crippen LogP contribution in [0.3, 0.4) is 0 Å². The van der Waals surface area contributed by atoms with Gasteiger partial charge in [0.25, 0.3) is 5.91 Å². The lowest BCUT2D eigenvalue weighted by molar-refractivity contribution is 0.0778. The predicted octanol–water partition coefficient (Wildman–Crippen LogP) is 3.37. The second-order valence-electron chi connectivity index (χ2n) is 4.44. The molecule has 102 valence electrons. The number of pyridine rings is 1. The van der Waals surface area contributed by atoms with Crippen LogP contribution >= 0.6 is 11.6 Å². The number of aromatic nitrogens is 1. The molecule has 0 fully saturated rings. The van der Waals surface area contributed by atoms with Crippen molar-refractivity contribution in [3.8, 4) is 12.3 Å². The molecule has 1 amide bonds. The van der Waals surface area contributed by atoms with Crippen LogP contribution in [0.4, 0.5) is 0 Å². The molecule has 2 aromatic rings. The van der Waals surface area contributed by atoms with Crippen LogP contribution in [0.25, 0.3) is 10.8 Å². The Balaban J connectivity index is 2.49. The lowest BCUT2D eigenvalue weighted by Crippen LogP contribution is -2.32. The molecule has 1 aromatic carbocycles. The molecule has 1 heterocycles. The van der Waals surface area contributed by atoms with Crippen LogP contribution in [-0.2, 0) is 0 Å². The van der Waals surface area contributed by atoms with Crippen molar-refractivity contribution in [1.29, 1.82) is 0 Å². The van der Waals surface area contributed by atoms with Crippen LogP contribution in [0, 0.1) is 12.3 Å². The van der Waals surface area contributed by atoms with E-state index in [2.05, 4.69) is 10.9 Å². The van der Waals surface area contributed by atoms with Crippen molar-refractivity contribution < 1.29 is 4.79 Å². The highest BCUT2D eigenvalue weighted by Crippen LogP contribution is 2.25. The molecule has 0 aliphatic rings. The second kappa shape index (κ2) is 6.40. The summed E-state index contributed by atoms with van der Waals surface area (Å²) in [6, 6.07) is 7.47. The molecule has 3 nitrogen and oxygen atoms in total. The van der Waals surface area contributed by atoms with E-state index in [1.807, 2.05) is 31.2 Å². The molecule has 0 atom stereocenters. The van der Waals surface area contributed by atoms with Gasteiger partial charge in [-0.2, -0.15) is 0 Å². The Morgan fingerprint density at radius 2 is 2.10 bits per heavy atom. The van der Waals surface area contributed by atoms with Gasteiger partial charge >= 0.3 is 0 Å². The van der Waals surface area contributed by atoms with Crippen LogP contribution in [-0.4, -0.2) is 28.9 Å². The first kappa shape index (κ1) is 14.4. The molecular formula is C16H15ClN2O. The van der Waals surface area contributed by atoms with Crippen molar-refractivity contribution in [3.05, 3.63) is 41.2 Å². The van der Waals surface area contributed by atoms with Crippen molar-refractivity contribution >= 4 is 28.3 Å². The normalized spacial score (nSPS) is 10.2. The molecule has 0 saturated carbocycles. The smallest absolute Gasteiger partial charge is 0.256 e. The topological polar surface area (TPSA) is 33.2 Å². The molecular weight excluding hydrogens is 272 g/mol. The second-order valence-corrected chi connectivity index (χ2v) is 4.80. The van der Waals surface area contributed by atoms with Gasteiger partial charge in [0.05, 0.1) is 12.1 Å². The summed E-state index contributed by atoms with van der Waals surface area (Å²) in [4.78, 5) is 18.3. The summed E-state index contributed by atoms with van der Waals surface area (Å²) in [7, 11) is 0. The Morgan fingerprint density at radius 1 is 1.40 bits per heavy atom. The van der Waals surface area contributed by atoms with Gasteiger partial charge in [0, 0.05) is 18.1 Å². The summed E-state index contributed by atoms with van der Waals surface area (Å²) < 4.78 is 0. The quantitative estimate of drug-likeness (QED) is 0.638. The fourth-order valence-corrected chi connectivity index (χ4v) is 2.35. The Morgan fingerprint density at radius 3 is 2.75 bits per heavy atom. The average molecular weight is 287 g/mol. The zero-order chi connectivity index (χ0) is 14.5. The third kappa shape index (κ3) is 2.76. The molecule has 0 radical (unpaired) electrons. The summed E-state index contributed by atoms with van der Waals surface area (Å²) in [6.45, 7) is 2.93. The third-order valence-electron chi connectivity index (χ3n) is 3.04. The van der Waals surface area contributed by atoms with Crippen molar-refractivity contribution in [3.63, 3.8) is 0 Å². The highest BCUT2D eigenvalue weighted by molar-refractivity contribution is 6.34. The number of fused-ring (bicyclic) bond motifs is 1. The van der Waals surface area contributed by atoms with E-state index in [9.17, 15) is 4.79 Å². The number of hydrogen-bond donors (Lipinski definition) is 0. The van der Waals surface area contributed by atoms with Crippen molar-refractivity contribution in [1.82, 2.24) is 9.88 Å². The van der Waals surface area contributed by atoms with E-state index in [-0.39, 0.29) is 5.91 Å². The van der Waals surface area contributed by atoms with E-state index in [1.54, 1.807) is 4.90 Å². The first-order chi connectivity index (χ1) is 9.69. The van der Waals surface area contributed by atoms with Gasteiger partial charge in [0.1, 0.15) is 5.15 Å². The van der Waals surface area contributed by atoms with Crippen molar-refractivity contribution in [2.24, 2.45) is 0 Å². The van der Waals surface area contributed by atoms with Gasteiger partial charge in [0.15, 0.2) is 0 Å². The maximum Gasteiger partial charge on any atom is 0.256 e. The van der Waals surface area contributed by atoms with Gasteiger partial charge in [-0.3, -0.25) is 4.79 Å². The first-order valence-corrected chi connectivity index (χ1v) is 6.82. The van der Waals surface area contributed by atoms with Crippen LogP contribution in [0.15, 0.2) is 30.5 Å². The predicted molar refractivity (Wildman–Crippen MR) is 81.8 cm³/mol. The van der Waals surface area contributed by atoms with E-state index in [1.165, 1.54) is 6.20 Å². The Bertz CT molecular complexity index is 676. The minimum atomic E-state index is -0.106. The Hall–Kier alpha value is -2.05. The molecule has 0 saturated heterocycles. The van der Waals surface area contributed by atoms with Gasteiger partial charge in [-0.15, -0.1) is 6.42 Å². The largest absolute Gasteiger partial charge is 0.327 e. The number of carbonyl (C=O) groups excluding carboxylic acids is 1. The fraction of sp³-hybridized carbons (Fsp3) is 0.250. The molecule has 0 aliphatic carbocycles. The summed E-state index contributed by atoms with van der Waals surface area (Å²) in [5.74, 6) is 2.42. The van der Waals surface area contributed by atoms with Crippen LogP contribution in [0.1, 0.15) is 23.7 Å². The molecule has 4 heteroatoms.